The van der Waals surface area contributed by atoms with Crippen molar-refractivity contribution in [2.45, 2.75) is 33.2 Å². The number of hydrogen-bond donors (Lipinski definition) is 2. The third kappa shape index (κ3) is 3.76. The molecule has 1 aliphatic rings. The molecule has 1 aliphatic heterocycles. The molecule has 2 rings (SSSR count). The van der Waals surface area contributed by atoms with Crippen molar-refractivity contribution in [3.8, 4) is 0 Å². The van der Waals surface area contributed by atoms with Gasteiger partial charge in [0, 0.05) is 12.2 Å². The highest BCUT2D eigenvalue weighted by Gasteiger charge is 2.39. The molecule has 2 N–H and O–H groups in total. The van der Waals surface area contributed by atoms with Crippen molar-refractivity contribution in [2.24, 2.45) is 5.92 Å². The van der Waals surface area contributed by atoms with Crippen LogP contribution in [0.4, 0.5) is 5.69 Å². The van der Waals surface area contributed by atoms with E-state index in [2.05, 4.69) is 5.32 Å². The second-order valence-corrected chi connectivity index (χ2v) is 8.33. The minimum Gasteiger partial charge on any atom is -0.478 e. The lowest BCUT2D eigenvalue weighted by Gasteiger charge is -2.28. The molecule has 1 atom stereocenters. The molecule has 7 nitrogen and oxygen atoms in total. The largest absolute Gasteiger partial charge is 0.478 e. The van der Waals surface area contributed by atoms with Gasteiger partial charge in [-0.25, -0.2) is 13.2 Å². The molecule has 1 amide bonds. The van der Waals surface area contributed by atoms with E-state index in [0.717, 1.165) is 0 Å². The van der Waals surface area contributed by atoms with Crippen LogP contribution in [0.2, 0.25) is 0 Å². The summed E-state index contributed by atoms with van der Waals surface area (Å²) in [6, 6.07) is 3.78. The average molecular weight is 354 g/mol. The van der Waals surface area contributed by atoms with E-state index in [0.29, 0.717) is 24.2 Å². The molecule has 0 aliphatic carbocycles. The highest BCUT2D eigenvalue weighted by Crippen LogP contribution is 2.24. The lowest BCUT2D eigenvalue weighted by atomic mass is 10.0. The molecule has 0 radical (unpaired) electrons. The summed E-state index contributed by atoms with van der Waals surface area (Å²) in [5, 5.41) is 11.8. The lowest BCUT2D eigenvalue weighted by Crippen LogP contribution is -2.48. The first-order chi connectivity index (χ1) is 11.1. The van der Waals surface area contributed by atoms with E-state index < -0.39 is 27.9 Å². The normalized spacial score (nSPS) is 18.5. The SMILES string of the molecule is Cc1ccc(NC(=O)C(C(C)C)N2CCCS2(=O)=O)cc1C(=O)O. The quantitative estimate of drug-likeness (QED) is 0.837. The van der Waals surface area contributed by atoms with E-state index in [1.54, 1.807) is 32.9 Å². The lowest BCUT2D eigenvalue weighted by molar-refractivity contribution is -0.120. The number of hydrogen-bond acceptors (Lipinski definition) is 4. The van der Waals surface area contributed by atoms with Crippen LogP contribution in [0.5, 0.6) is 0 Å². The van der Waals surface area contributed by atoms with Crippen LogP contribution >= 0.6 is 0 Å². The zero-order valence-electron chi connectivity index (χ0n) is 13.9. The molecule has 0 saturated carbocycles. The Morgan fingerprint density at radius 3 is 2.46 bits per heavy atom. The zero-order valence-corrected chi connectivity index (χ0v) is 14.8. The van der Waals surface area contributed by atoms with Gasteiger partial charge in [-0.05, 0) is 37.0 Å². The third-order valence-electron chi connectivity index (χ3n) is 4.08. The Morgan fingerprint density at radius 1 is 1.29 bits per heavy atom. The van der Waals surface area contributed by atoms with E-state index in [4.69, 9.17) is 5.11 Å². The summed E-state index contributed by atoms with van der Waals surface area (Å²) in [5.41, 5.74) is 1.02. The number of carboxylic acids is 1. The molecule has 1 aromatic rings. The number of carbonyl (C=O) groups excluding carboxylic acids is 1. The van der Waals surface area contributed by atoms with Crippen molar-refractivity contribution in [3.63, 3.8) is 0 Å². The predicted octanol–water partition coefficient (Wildman–Crippen LogP) is 1.69. The van der Waals surface area contributed by atoms with Gasteiger partial charge in [-0.2, -0.15) is 4.31 Å². The van der Waals surface area contributed by atoms with Crippen LogP contribution in [0.3, 0.4) is 0 Å². The van der Waals surface area contributed by atoms with Crippen molar-refractivity contribution in [2.75, 3.05) is 17.6 Å². The van der Waals surface area contributed by atoms with Gasteiger partial charge in [0.2, 0.25) is 15.9 Å². The standard InChI is InChI=1S/C16H22N2O5S/c1-10(2)14(18-7-4-8-24(18,22)23)15(19)17-12-6-5-11(3)13(9-12)16(20)21/h5-6,9-10,14H,4,7-8H2,1-3H3,(H,17,19)(H,20,21). The van der Waals surface area contributed by atoms with Gasteiger partial charge in [0.25, 0.3) is 0 Å². The average Bonchev–Trinajstić information content (AvgIpc) is 2.80. The number of nitrogens with one attached hydrogen (secondary N) is 1. The van der Waals surface area contributed by atoms with E-state index in [-0.39, 0.29) is 17.2 Å². The van der Waals surface area contributed by atoms with E-state index in [1.165, 1.54) is 10.4 Å². The zero-order chi connectivity index (χ0) is 18.1. The van der Waals surface area contributed by atoms with Crippen LogP contribution in [-0.4, -0.2) is 48.0 Å². The second kappa shape index (κ2) is 6.90. The van der Waals surface area contributed by atoms with Gasteiger partial charge in [0.05, 0.1) is 11.3 Å². The van der Waals surface area contributed by atoms with E-state index in [9.17, 15) is 18.0 Å². The summed E-state index contributed by atoms with van der Waals surface area (Å²) < 4.78 is 25.5. The molecular formula is C16H22N2O5S. The molecule has 24 heavy (non-hydrogen) atoms. The number of aryl methyl sites for hydroxylation is 1. The number of carbonyl (C=O) groups is 2. The van der Waals surface area contributed by atoms with Gasteiger partial charge in [0.15, 0.2) is 0 Å². The van der Waals surface area contributed by atoms with Crippen LogP contribution < -0.4 is 5.32 Å². The minimum absolute atomic E-state index is 0.0528. The molecule has 1 aromatic carbocycles. The summed E-state index contributed by atoms with van der Waals surface area (Å²) in [6.07, 6.45) is 0.506. The minimum atomic E-state index is -3.42. The van der Waals surface area contributed by atoms with Crippen molar-refractivity contribution >= 4 is 27.6 Å². The van der Waals surface area contributed by atoms with Crippen LogP contribution in [0.25, 0.3) is 0 Å². The Kier molecular flexibility index (Phi) is 5.29. The molecule has 0 spiro atoms. The molecule has 1 unspecified atom stereocenters. The molecule has 132 valence electrons. The first-order valence-corrected chi connectivity index (χ1v) is 9.38. The van der Waals surface area contributed by atoms with Gasteiger partial charge < -0.3 is 10.4 Å². The number of amides is 1. The Hall–Kier alpha value is -1.93. The molecular weight excluding hydrogens is 332 g/mol. The summed E-state index contributed by atoms with van der Waals surface area (Å²) in [5.74, 6) is -1.68. The second-order valence-electron chi connectivity index (χ2n) is 6.29. The smallest absolute Gasteiger partial charge is 0.336 e. The molecule has 0 aromatic heterocycles. The van der Waals surface area contributed by atoms with Crippen molar-refractivity contribution in [1.82, 2.24) is 4.31 Å². The van der Waals surface area contributed by atoms with Crippen LogP contribution in [-0.2, 0) is 14.8 Å². The van der Waals surface area contributed by atoms with Crippen molar-refractivity contribution in [1.29, 1.82) is 0 Å². The highest BCUT2D eigenvalue weighted by atomic mass is 32.2. The fraction of sp³-hybridized carbons (Fsp3) is 0.500. The maximum absolute atomic E-state index is 12.6. The van der Waals surface area contributed by atoms with E-state index in [1.807, 2.05) is 0 Å². The Labute approximate surface area is 141 Å². The van der Waals surface area contributed by atoms with Crippen molar-refractivity contribution in [3.05, 3.63) is 29.3 Å². The Bertz CT molecular complexity index is 758. The summed E-state index contributed by atoms with van der Waals surface area (Å²) in [6.45, 7) is 5.57. The van der Waals surface area contributed by atoms with Gasteiger partial charge in [-0.1, -0.05) is 19.9 Å². The van der Waals surface area contributed by atoms with Gasteiger partial charge in [0.1, 0.15) is 6.04 Å². The third-order valence-corrected chi connectivity index (χ3v) is 6.01. The van der Waals surface area contributed by atoms with Crippen LogP contribution in [0.15, 0.2) is 18.2 Å². The Balaban J connectivity index is 2.26. The fourth-order valence-electron chi connectivity index (χ4n) is 2.88. The number of anilines is 1. The summed E-state index contributed by atoms with van der Waals surface area (Å²) in [7, 11) is -3.42. The molecule has 1 fully saturated rings. The predicted molar refractivity (Wildman–Crippen MR) is 90.5 cm³/mol. The number of benzene rings is 1. The summed E-state index contributed by atoms with van der Waals surface area (Å²) in [4.78, 5) is 23.8. The number of rotatable bonds is 5. The maximum atomic E-state index is 12.6. The maximum Gasteiger partial charge on any atom is 0.336 e. The topological polar surface area (TPSA) is 104 Å². The molecule has 1 heterocycles. The van der Waals surface area contributed by atoms with E-state index >= 15 is 0 Å². The van der Waals surface area contributed by atoms with Crippen molar-refractivity contribution < 1.29 is 23.1 Å². The number of nitrogens with zero attached hydrogens (tertiary/aromatic N) is 1. The Morgan fingerprint density at radius 2 is 1.96 bits per heavy atom. The van der Waals surface area contributed by atoms with Gasteiger partial charge in [-0.15, -0.1) is 0 Å². The molecule has 0 bridgehead atoms. The number of carboxylic acid groups (broad SMARTS) is 1. The monoisotopic (exact) mass is 354 g/mol. The van der Waals surface area contributed by atoms with Crippen LogP contribution in [0.1, 0.15) is 36.2 Å². The summed E-state index contributed by atoms with van der Waals surface area (Å²) >= 11 is 0. The van der Waals surface area contributed by atoms with Crippen LogP contribution in [0, 0.1) is 12.8 Å². The highest BCUT2D eigenvalue weighted by molar-refractivity contribution is 7.89. The first kappa shape index (κ1) is 18.4. The molecule has 1 saturated heterocycles. The first-order valence-electron chi connectivity index (χ1n) is 7.78. The van der Waals surface area contributed by atoms with Gasteiger partial charge in [-0.3, -0.25) is 4.79 Å². The van der Waals surface area contributed by atoms with Gasteiger partial charge >= 0.3 is 5.97 Å². The molecule has 8 heteroatoms. The fourth-order valence-corrected chi connectivity index (χ4v) is 4.70. The number of sulfonamides is 1. The number of aromatic carboxylic acids is 1.